The van der Waals surface area contributed by atoms with Crippen molar-refractivity contribution in [2.24, 2.45) is 0 Å². The predicted octanol–water partition coefficient (Wildman–Crippen LogP) is 7.37. The topological polar surface area (TPSA) is 47.0 Å². The van der Waals surface area contributed by atoms with Crippen molar-refractivity contribution < 1.29 is 4.43 Å². The first-order chi connectivity index (χ1) is 12.5. The second kappa shape index (κ2) is 7.79. The molecule has 0 spiro atoms. The molecule has 3 rings (SSSR count). The number of benzene rings is 1. The number of nitrogens with one attached hydrogen (secondary N) is 1. The molecule has 0 amide bonds. The molecule has 4 nitrogen and oxygen atoms in total. The van der Waals surface area contributed by atoms with Crippen LogP contribution in [0.5, 0.6) is 0 Å². The van der Waals surface area contributed by atoms with Crippen molar-refractivity contribution in [3.05, 3.63) is 45.5 Å². The van der Waals surface area contributed by atoms with Gasteiger partial charge in [-0.3, -0.25) is 0 Å². The van der Waals surface area contributed by atoms with Gasteiger partial charge in [-0.25, -0.2) is 9.97 Å². The maximum Gasteiger partial charge on any atom is 0.192 e. The third-order valence-electron chi connectivity index (χ3n) is 4.85. The van der Waals surface area contributed by atoms with E-state index in [9.17, 15) is 0 Å². The summed E-state index contributed by atoms with van der Waals surface area (Å²) >= 11 is 11.3. The summed E-state index contributed by atoms with van der Waals surface area (Å²) in [6.07, 6.45) is 0. The third-order valence-corrected chi connectivity index (χ3v) is 10.9. The first kappa shape index (κ1) is 20.7. The van der Waals surface area contributed by atoms with E-state index < -0.39 is 8.32 Å². The Bertz CT molecular complexity index is 971. The molecular formula is C19H23BrClN3OSSi. The Balaban J connectivity index is 1.78. The van der Waals surface area contributed by atoms with Gasteiger partial charge in [0.15, 0.2) is 13.4 Å². The molecule has 0 fully saturated rings. The molecule has 3 aromatic rings. The largest absolute Gasteiger partial charge is 0.413 e. The average molecular weight is 485 g/mol. The van der Waals surface area contributed by atoms with Gasteiger partial charge in [0.25, 0.3) is 0 Å². The normalized spacial score (nSPS) is 12.6. The number of fused-ring (bicyclic) bond motifs is 1. The van der Waals surface area contributed by atoms with Crippen molar-refractivity contribution >= 4 is 68.4 Å². The van der Waals surface area contributed by atoms with Crippen LogP contribution in [0.4, 0.5) is 10.9 Å². The van der Waals surface area contributed by atoms with E-state index in [4.69, 9.17) is 16.0 Å². The first-order valence-corrected chi connectivity index (χ1v) is 13.6. The SMILES string of the molecule is CC(C)(C)[Si](C)(C)OCc1cc(Cl)nc(Nc2nc3ccc(Br)cc3s2)c1. The van der Waals surface area contributed by atoms with E-state index in [1.54, 1.807) is 11.3 Å². The van der Waals surface area contributed by atoms with Gasteiger partial charge in [0, 0.05) is 4.47 Å². The number of pyridine rings is 1. The molecule has 2 heterocycles. The summed E-state index contributed by atoms with van der Waals surface area (Å²) in [7, 11) is -1.82. The zero-order valence-corrected chi connectivity index (χ0v) is 20.2. The van der Waals surface area contributed by atoms with Crippen LogP contribution in [0.1, 0.15) is 26.3 Å². The van der Waals surface area contributed by atoms with Gasteiger partial charge in [-0.1, -0.05) is 59.6 Å². The summed E-state index contributed by atoms with van der Waals surface area (Å²) in [6.45, 7) is 11.7. The van der Waals surface area contributed by atoms with Gasteiger partial charge in [0.05, 0.1) is 16.8 Å². The minimum Gasteiger partial charge on any atom is -0.413 e. The molecule has 1 N–H and O–H groups in total. The van der Waals surface area contributed by atoms with Gasteiger partial charge in [0.1, 0.15) is 11.0 Å². The minimum atomic E-state index is -1.82. The highest BCUT2D eigenvalue weighted by Crippen LogP contribution is 2.37. The van der Waals surface area contributed by atoms with Gasteiger partial charge in [-0.2, -0.15) is 0 Å². The van der Waals surface area contributed by atoms with E-state index >= 15 is 0 Å². The maximum absolute atomic E-state index is 6.31. The lowest BCUT2D eigenvalue weighted by atomic mass is 10.2. The quantitative estimate of drug-likeness (QED) is 0.303. The second-order valence-corrected chi connectivity index (χ2v) is 15.1. The summed E-state index contributed by atoms with van der Waals surface area (Å²) in [4.78, 5) is 8.98. The Hall–Kier alpha value is -0.993. The van der Waals surface area contributed by atoms with E-state index in [1.165, 1.54) is 0 Å². The minimum absolute atomic E-state index is 0.167. The van der Waals surface area contributed by atoms with Crippen LogP contribution < -0.4 is 5.32 Å². The highest BCUT2D eigenvalue weighted by molar-refractivity contribution is 9.10. The van der Waals surface area contributed by atoms with E-state index in [1.807, 2.05) is 24.3 Å². The fourth-order valence-electron chi connectivity index (χ4n) is 2.24. The molecule has 0 bridgehead atoms. The van der Waals surface area contributed by atoms with Crippen molar-refractivity contribution in [1.82, 2.24) is 9.97 Å². The zero-order chi connectivity index (χ0) is 19.8. The highest BCUT2D eigenvalue weighted by atomic mass is 79.9. The molecule has 144 valence electrons. The fraction of sp³-hybridized carbons (Fsp3) is 0.368. The number of hydrogen-bond acceptors (Lipinski definition) is 5. The van der Waals surface area contributed by atoms with Crippen LogP contribution in [0, 0.1) is 0 Å². The van der Waals surface area contributed by atoms with E-state index in [0.29, 0.717) is 17.6 Å². The molecular weight excluding hydrogens is 462 g/mol. The highest BCUT2D eigenvalue weighted by Gasteiger charge is 2.37. The summed E-state index contributed by atoms with van der Waals surface area (Å²) < 4.78 is 8.45. The van der Waals surface area contributed by atoms with Crippen LogP contribution in [0.2, 0.25) is 23.3 Å². The standard InChI is InChI=1S/C19H23BrClN3OSSi/c1-19(2,3)27(4,5)25-11-12-8-16(21)23-17(9-12)24-18-22-14-7-6-13(20)10-15(14)26-18/h6-10H,11H2,1-5H3,(H,22,23,24). The predicted molar refractivity (Wildman–Crippen MR) is 122 cm³/mol. The number of anilines is 2. The number of hydrogen-bond donors (Lipinski definition) is 1. The van der Waals surface area contributed by atoms with Gasteiger partial charge in [-0.15, -0.1) is 0 Å². The van der Waals surface area contributed by atoms with Crippen LogP contribution in [0.25, 0.3) is 10.2 Å². The Morgan fingerprint density at radius 3 is 2.63 bits per heavy atom. The smallest absolute Gasteiger partial charge is 0.192 e. The lowest BCUT2D eigenvalue weighted by Crippen LogP contribution is -2.40. The zero-order valence-electron chi connectivity index (χ0n) is 16.1. The molecule has 1 aromatic carbocycles. The second-order valence-electron chi connectivity index (χ2n) is 7.99. The van der Waals surface area contributed by atoms with Crippen molar-refractivity contribution in [2.45, 2.75) is 45.5 Å². The summed E-state index contributed by atoms with van der Waals surface area (Å²) in [5.41, 5.74) is 1.96. The maximum atomic E-state index is 6.31. The Labute approximate surface area is 178 Å². The fourth-order valence-corrected chi connectivity index (χ4v) is 4.86. The molecule has 0 unspecified atom stereocenters. The number of thiazole rings is 1. The summed E-state index contributed by atoms with van der Waals surface area (Å²) in [5, 5.41) is 4.67. The Morgan fingerprint density at radius 2 is 1.93 bits per heavy atom. The third kappa shape index (κ3) is 5.09. The Morgan fingerprint density at radius 1 is 1.19 bits per heavy atom. The lowest BCUT2D eigenvalue weighted by Gasteiger charge is -2.36. The number of rotatable bonds is 5. The molecule has 0 atom stereocenters. The molecule has 0 saturated heterocycles. The van der Waals surface area contributed by atoms with Crippen molar-refractivity contribution in [1.29, 1.82) is 0 Å². The van der Waals surface area contributed by atoms with Gasteiger partial charge < -0.3 is 9.74 Å². The van der Waals surface area contributed by atoms with Crippen LogP contribution >= 0.6 is 38.9 Å². The molecule has 0 saturated carbocycles. The van der Waals surface area contributed by atoms with Crippen LogP contribution in [0.3, 0.4) is 0 Å². The van der Waals surface area contributed by atoms with Crippen molar-refractivity contribution in [2.75, 3.05) is 5.32 Å². The van der Waals surface area contributed by atoms with Gasteiger partial charge >= 0.3 is 0 Å². The number of halogens is 2. The van der Waals surface area contributed by atoms with Crippen LogP contribution in [-0.2, 0) is 11.0 Å². The number of nitrogens with zero attached hydrogens (tertiary/aromatic N) is 2. The average Bonchev–Trinajstić information content (AvgIpc) is 2.92. The summed E-state index contributed by atoms with van der Waals surface area (Å²) in [5.74, 6) is 0.675. The molecule has 0 radical (unpaired) electrons. The summed E-state index contributed by atoms with van der Waals surface area (Å²) in [6, 6.07) is 9.86. The van der Waals surface area contributed by atoms with E-state index in [2.05, 4.69) is 71.1 Å². The monoisotopic (exact) mass is 483 g/mol. The molecule has 27 heavy (non-hydrogen) atoms. The molecule has 2 aromatic heterocycles. The van der Waals surface area contributed by atoms with E-state index in [0.717, 1.165) is 25.4 Å². The molecule has 8 heteroatoms. The first-order valence-electron chi connectivity index (χ1n) is 8.67. The molecule has 0 aliphatic heterocycles. The molecule has 0 aliphatic rings. The number of aromatic nitrogens is 2. The van der Waals surface area contributed by atoms with Crippen LogP contribution in [0.15, 0.2) is 34.8 Å². The Kier molecular flexibility index (Phi) is 5.98. The van der Waals surface area contributed by atoms with Crippen molar-refractivity contribution in [3.63, 3.8) is 0 Å². The molecule has 0 aliphatic carbocycles. The van der Waals surface area contributed by atoms with Crippen LogP contribution in [-0.4, -0.2) is 18.3 Å². The van der Waals surface area contributed by atoms with E-state index in [-0.39, 0.29) is 5.04 Å². The van der Waals surface area contributed by atoms with Gasteiger partial charge in [0.2, 0.25) is 0 Å². The van der Waals surface area contributed by atoms with Gasteiger partial charge in [-0.05, 0) is 54.0 Å². The van der Waals surface area contributed by atoms with Crippen molar-refractivity contribution in [3.8, 4) is 0 Å². The lowest BCUT2D eigenvalue weighted by molar-refractivity contribution is 0.276.